The van der Waals surface area contributed by atoms with Gasteiger partial charge in [-0.15, -0.1) is 11.3 Å². The van der Waals surface area contributed by atoms with Crippen LogP contribution in [0.4, 0.5) is 11.4 Å². The van der Waals surface area contributed by atoms with Gasteiger partial charge >= 0.3 is 0 Å². The molecule has 0 unspecified atom stereocenters. The first-order valence-corrected chi connectivity index (χ1v) is 10.8. The minimum atomic E-state index is -0.244. The Balaban J connectivity index is 1.24. The highest BCUT2D eigenvalue weighted by Gasteiger charge is 2.24. The van der Waals surface area contributed by atoms with Crippen LogP contribution < -0.4 is 10.2 Å². The van der Waals surface area contributed by atoms with E-state index in [4.69, 9.17) is 0 Å². The number of fused-ring (bicyclic) bond motifs is 2. The van der Waals surface area contributed by atoms with Gasteiger partial charge in [0.25, 0.3) is 5.91 Å². The van der Waals surface area contributed by atoms with Crippen molar-refractivity contribution in [1.29, 1.82) is 0 Å². The van der Waals surface area contributed by atoms with Crippen molar-refractivity contribution in [1.82, 2.24) is 4.98 Å². The van der Waals surface area contributed by atoms with E-state index in [2.05, 4.69) is 16.4 Å². The Hall–Kier alpha value is -3.77. The molecule has 4 aromatic rings. The molecular formula is C25H19N3O2S. The molecule has 1 N–H and O–H groups in total. The van der Waals surface area contributed by atoms with E-state index < -0.39 is 0 Å². The first kappa shape index (κ1) is 19.2. The molecule has 0 saturated heterocycles. The van der Waals surface area contributed by atoms with Crippen molar-refractivity contribution < 1.29 is 9.59 Å². The molecule has 31 heavy (non-hydrogen) atoms. The normalized spacial score (nSPS) is 13.0. The number of carbonyl (C=O) groups excluding carboxylic acids is 2. The molecule has 0 bridgehead atoms. The molecule has 3 aromatic carbocycles. The molecule has 0 spiro atoms. The molecule has 6 heteroatoms. The fourth-order valence-corrected chi connectivity index (χ4v) is 4.56. The second-order valence-electron chi connectivity index (χ2n) is 7.26. The number of amides is 2. The van der Waals surface area contributed by atoms with Gasteiger partial charge in [-0.2, -0.15) is 0 Å². The Morgan fingerprint density at radius 3 is 2.58 bits per heavy atom. The monoisotopic (exact) mass is 425 g/mol. The van der Waals surface area contributed by atoms with Gasteiger partial charge in [0.1, 0.15) is 5.01 Å². The van der Waals surface area contributed by atoms with Crippen molar-refractivity contribution in [3.63, 3.8) is 0 Å². The van der Waals surface area contributed by atoms with Gasteiger partial charge < -0.3 is 10.2 Å². The van der Waals surface area contributed by atoms with Crippen LogP contribution in [0.3, 0.4) is 0 Å². The summed E-state index contributed by atoms with van der Waals surface area (Å²) in [6.45, 7) is 0.688. The number of para-hydroxylation sites is 2. The fraction of sp³-hybridized carbons (Fsp3) is 0.0800. The van der Waals surface area contributed by atoms with Gasteiger partial charge in [-0.3, -0.25) is 9.59 Å². The molecule has 0 radical (unpaired) electrons. The molecule has 1 aliphatic rings. The summed E-state index contributed by atoms with van der Waals surface area (Å²) in [5.41, 5.74) is 4.33. The molecule has 1 aromatic heterocycles. The third kappa shape index (κ3) is 3.98. The summed E-state index contributed by atoms with van der Waals surface area (Å²) in [6, 6.07) is 22.8. The molecule has 0 fully saturated rings. The molecular weight excluding hydrogens is 406 g/mol. The van der Waals surface area contributed by atoms with Crippen LogP contribution in [0.5, 0.6) is 0 Å². The van der Waals surface area contributed by atoms with E-state index in [-0.39, 0.29) is 11.8 Å². The second kappa shape index (κ2) is 8.16. The SMILES string of the molecule is O=C(/C=C/c1nc2ccccc2s1)Nc1ccc(C(=O)N2CCc3ccccc32)cc1. The summed E-state index contributed by atoms with van der Waals surface area (Å²) in [7, 11) is 0. The van der Waals surface area contributed by atoms with Crippen molar-refractivity contribution >= 4 is 50.8 Å². The number of carbonyl (C=O) groups is 2. The van der Waals surface area contributed by atoms with Crippen LogP contribution in [0, 0.1) is 0 Å². The van der Waals surface area contributed by atoms with Crippen LogP contribution in [0.25, 0.3) is 16.3 Å². The van der Waals surface area contributed by atoms with E-state index in [1.54, 1.807) is 30.3 Å². The molecule has 2 heterocycles. The third-order valence-corrected chi connectivity index (χ3v) is 6.22. The molecule has 0 atom stereocenters. The van der Waals surface area contributed by atoms with Gasteiger partial charge in [-0.05, 0) is 60.5 Å². The van der Waals surface area contributed by atoms with E-state index in [1.807, 2.05) is 47.4 Å². The van der Waals surface area contributed by atoms with E-state index in [1.165, 1.54) is 23.0 Å². The Bertz CT molecular complexity index is 1270. The number of thiazole rings is 1. The second-order valence-corrected chi connectivity index (χ2v) is 8.32. The zero-order valence-electron chi connectivity index (χ0n) is 16.6. The molecule has 152 valence electrons. The number of nitrogens with one attached hydrogen (secondary N) is 1. The molecule has 0 aliphatic carbocycles. The number of anilines is 2. The maximum Gasteiger partial charge on any atom is 0.258 e. The lowest BCUT2D eigenvalue weighted by Crippen LogP contribution is -2.28. The number of benzene rings is 3. The molecule has 5 nitrogen and oxygen atoms in total. The average Bonchev–Trinajstić information content (AvgIpc) is 3.42. The van der Waals surface area contributed by atoms with Crippen LogP contribution in [-0.4, -0.2) is 23.3 Å². The molecule has 1 aliphatic heterocycles. The van der Waals surface area contributed by atoms with Gasteiger partial charge in [0.2, 0.25) is 5.91 Å². The Morgan fingerprint density at radius 1 is 0.968 bits per heavy atom. The zero-order chi connectivity index (χ0) is 21.2. The summed E-state index contributed by atoms with van der Waals surface area (Å²) >= 11 is 1.54. The highest BCUT2D eigenvalue weighted by atomic mass is 32.1. The van der Waals surface area contributed by atoms with Crippen LogP contribution in [-0.2, 0) is 11.2 Å². The first-order valence-electron chi connectivity index (χ1n) is 10.0. The van der Waals surface area contributed by atoms with Crippen LogP contribution in [0.15, 0.2) is 78.9 Å². The van der Waals surface area contributed by atoms with Crippen LogP contribution in [0.2, 0.25) is 0 Å². The molecule has 5 rings (SSSR count). The largest absolute Gasteiger partial charge is 0.323 e. The van der Waals surface area contributed by atoms with E-state index in [9.17, 15) is 9.59 Å². The maximum absolute atomic E-state index is 12.9. The van der Waals surface area contributed by atoms with Crippen molar-refractivity contribution in [2.75, 3.05) is 16.8 Å². The lowest BCUT2D eigenvalue weighted by Gasteiger charge is -2.17. The first-order chi connectivity index (χ1) is 15.2. The third-order valence-electron chi connectivity index (χ3n) is 5.22. The van der Waals surface area contributed by atoms with Gasteiger partial charge in [-0.1, -0.05) is 30.3 Å². The van der Waals surface area contributed by atoms with Gasteiger partial charge in [-0.25, -0.2) is 4.98 Å². The fourth-order valence-electron chi connectivity index (χ4n) is 3.69. The summed E-state index contributed by atoms with van der Waals surface area (Å²) in [4.78, 5) is 31.5. The number of hydrogen-bond donors (Lipinski definition) is 1. The molecule has 0 saturated carbocycles. The number of hydrogen-bond acceptors (Lipinski definition) is 4. The summed E-state index contributed by atoms with van der Waals surface area (Å²) in [6.07, 6.45) is 4.05. The minimum absolute atomic E-state index is 0.0291. The molecule has 2 amide bonds. The van der Waals surface area contributed by atoms with Crippen LogP contribution in [0.1, 0.15) is 20.9 Å². The number of aromatic nitrogens is 1. The highest BCUT2D eigenvalue weighted by Crippen LogP contribution is 2.29. The van der Waals surface area contributed by atoms with E-state index in [0.29, 0.717) is 17.8 Å². The quantitative estimate of drug-likeness (QED) is 0.460. The smallest absolute Gasteiger partial charge is 0.258 e. The van der Waals surface area contributed by atoms with Crippen molar-refractivity contribution in [3.8, 4) is 0 Å². The lowest BCUT2D eigenvalue weighted by molar-refractivity contribution is -0.111. The topological polar surface area (TPSA) is 62.3 Å². The minimum Gasteiger partial charge on any atom is -0.323 e. The standard InChI is InChI=1S/C25H19N3O2S/c29-23(13-14-24-27-20-6-2-4-8-22(20)31-24)26-19-11-9-18(10-12-19)25(30)28-16-15-17-5-1-3-7-21(17)28/h1-14H,15-16H2,(H,26,29)/b14-13+. The van der Waals surface area contributed by atoms with Gasteiger partial charge in [0.15, 0.2) is 0 Å². The Morgan fingerprint density at radius 2 is 1.74 bits per heavy atom. The predicted octanol–water partition coefficient (Wildman–Crippen LogP) is 5.15. The zero-order valence-corrected chi connectivity index (χ0v) is 17.4. The maximum atomic E-state index is 12.9. The average molecular weight is 426 g/mol. The van der Waals surface area contributed by atoms with Crippen molar-refractivity contribution in [3.05, 3.63) is 95.0 Å². The lowest BCUT2D eigenvalue weighted by atomic mass is 10.1. The summed E-state index contributed by atoms with van der Waals surface area (Å²) < 4.78 is 1.09. The Kier molecular flexibility index (Phi) is 5.06. The van der Waals surface area contributed by atoms with Crippen molar-refractivity contribution in [2.24, 2.45) is 0 Å². The van der Waals surface area contributed by atoms with Crippen LogP contribution >= 0.6 is 11.3 Å². The Labute approximate surface area is 183 Å². The number of nitrogens with zero attached hydrogens (tertiary/aromatic N) is 2. The van der Waals surface area contributed by atoms with Crippen molar-refractivity contribution in [2.45, 2.75) is 6.42 Å². The number of rotatable bonds is 4. The van der Waals surface area contributed by atoms with E-state index >= 15 is 0 Å². The highest BCUT2D eigenvalue weighted by molar-refractivity contribution is 7.19. The van der Waals surface area contributed by atoms with Gasteiger partial charge in [0.05, 0.1) is 10.2 Å². The van der Waals surface area contributed by atoms with Gasteiger partial charge in [0, 0.05) is 29.6 Å². The van der Waals surface area contributed by atoms with E-state index in [0.717, 1.165) is 27.3 Å². The summed E-state index contributed by atoms with van der Waals surface area (Å²) in [5.74, 6) is -0.273. The predicted molar refractivity (Wildman–Crippen MR) is 126 cm³/mol. The summed E-state index contributed by atoms with van der Waals surface area (Å²) in [5, 5.41) is 3.60.